The number of aliphatic hydroxyl groups excluding tert-OH is 1. The molecule has 0 fully saturated rings. The van der Waals surface area contributed by atoms with Crippen molar-refractivity contribution in [2.45, 2.75) is 6.04 Å². The number of pyridine rings is 1. The first-order valence-electron chi connectivity index (χ1n) is 10.2. The lowest BCUT2D eigenvalue weighted by molar-refractivity contribution is 0.247. The Bertz CT molecular complexity index is 1540. The number of fused-ring (bicyclic) bond motifs is 1. The van der Waals surface area contributed by atoms with Crippen molar-refractivity contribution in [3.63, 3.8) is 0 Å². The fraction of sp³-hybridized carbons (Fsp3) is 0.125. The molecule has 9 heteroatoms. The van der Waals surface area contributed by atoms with Crippen LogP contribution >= 0.6 is 11.6 Å². The number of hydrogen-bond acceptors (Lipinski definition) is 4. The highest BCUT2D eigenvalue weighted by Gasteiger charge is 2.17. The lowest BCUT2D eigenvalue weighted by atomic mass is 10.0. The third kappa shape index (κ3) is 3.83. The van der Waals surface area contributed by atoms with Gasteiger partial charge in [0, 0.05) is 36.5 Å². The molecule has 166 valence electrons. The van der Waals surface area contributed by atoms with Crippen LogP contribution in [0.2, 0.25) is 5.02 Å². The van der Waals surface area contributed by atoms with E-state index in [4.69, 9.17) is 11.6 Å². The van der Waals surface area contributed by atoms with Crippen LogP contribution in [0, 0.1) is 5.82 Å². The van der Waals surface area contributed by atoms with Crippen LogP contribution in [-0.2, 0) is 7.05 Å². The van der Waals surface area contributed by atoms with Crippen LogP contribution < -0.4 is 5.56 Å². The summed E-state index contributed by atoms with van der Waals surface area (Å²) in [5.41, 5.74) is 4.36. The van der Waals surface area contributed by atoms with Crippen LogP contribution in [0.4, 0.5) is 4.39 Å². The van der Waals surface area contributed by atoms with E-state index in [1.54, 1.807) is 23.1 Å². The van der Waals surface area contributed by atoms with Crippen LogP contribution in [-0.4, -0.2) is 36.3 Å². The molecule has 1 atom stereocenters. The van der Waals surface area contributed by atoms with Crippen molar-refractivity contribution in [3.8, 4) is 22.4 Å². The molecule has 0 saturated carbocycles. The first kappa shape index (κ1) is 21.1. The number of H-pyrrole nitrogens is 1. The highest BCUT2D eigenvalue weighted by Crippen LogP contribution is 2.30. The molecule has 0 aliphatic rings. The second kappa shape index (κ2) is 8.31. The maximum atomic E-state index is 13.5. The largest absolute Gasteiger partial charge is 0.394 e. The van der Waals surface area contributed by atoms with Gasteiger partial charge in [0.1, 0.15) is 11.5 Å². The molecule has 2 aromatic carbocycles. The molecule has 0 saturated heterocycles. The lowest BCUT2D eigenvalue weighted by Crippen LogP contribution is -2.26. The van der Waals surface area contributed by atoms with Gasteiger partial charge in [0.05, 0.1) is 29.4 Å². The van der Waals surface area contributed by atoms with Gasteiger partial charge in [0.15, 0.2) is 0 Å². The number of aromatic amines is 1. The Hall–Kier alpha value is -3.75. The molecule has 0 aliphatic carbocycles. The molecular weight excluding hydrogens is 445 g/mol. The monoisotopic (exact) mass is 463 g/mol. The van der Waals surface area contributed by atoms with Gasteiger partial charge in [-0.25, -0.2) is 4.39 Å². The Morgan fingerprint density at radius 3 is 2.64 bits per heavy atom. The standard InChI is InChI=1S/C24H19ClFN5O2/c1-30-12-17(11-27-30)24-18-8-14(3-5-21(18)28-29-24)15-6-7-31(23(33)10-15)22(13-32)16-2-4-20(26)19(25)9-16/h2-12,22,32H,13H2,1H3,(H,28,29). The first-order valence-corrected chi connectivity index (χ1v) is 10.6. The maximum Gasteiger partial charge on any atom is 0.251 e. The summed E-state index contributed by atoms with van der Waals surface area (Å²) in [5.74, 6) is -0.555. The van der Waals surface area contributed by atoms with Gasteiger partial charge in [-0.15, -0.1) is 0 Å². The summed E-state index contributed by atoms with van der Waals surface area (Å²) in [7, 11) is 1.85. The van der Waals surface area contributed by atoms with E-state index in [2.05, 4.69) is 15.3 Å². The SMILES string of the molecule is Cn1cc(-c2n[nH]c3ccc(-c4ccn(C(CO)c5ccc(F)c(Cl)c5)c(=O)c4)cc23)cn1. The molecule has 2 N–H and O–H groups in total. The molecule has 5 rings (SSSR count). The molecule has 33 heavy (non-hydrogen) atoms. The van der Waals surface area contributed by atoms with E-state index in [1.807, 2.05) is 31.4 Å². The van der Waals surface area contributed by atoms with Crippen LogP contribution in [0.5, 0.6) is 0 Å². The van der Waals surface area contributed by atoms with Gasteiger partial charge in [-0.3, -0.25) is 14.6 Å². The normalized spacial score (nSPS) is 12.4. The number of aliphatic hydroxyl groups is 1. The summed E-state index contributed by atoms with van der Waals surface area (Å²) >= 11 is 5.89. The van der Waals surface area contributed by atoms with Crippen molar-refractivity contribution in [1.29, 1.82) is 0 Å². The van der Waals surface area contributed by atoms with Crippen LogP contribution in [0.15, 0.2) is 71.9 Å². The molecule has 3 aromatic heterocycles. The van der Waals surface area contributed by atoms with Crippen LogP contribution in [0.1, 0.15) is 11.6 Å². The van der Waals surface area contributed by atoms with Crippen molar-refractivity contribution in [2.24, 2.45) is 7.05 Å². The third-order valence-corrected chi connectivity index (χ3v) is 5.95. The van der Waals surface area contributed by atoms with Gasteiger partial charge >= 0.3 is 0 Å². The number of nitrogens with one attached hydrogen (secondary N) is 1. The Labute approximate surface area is 192 Å². The Morgan fingerprint density at radius 2 is 1.94 bits per heavy atom. The molecule has 3 heterocycles. The van der Waals surface area contributed by atoms with E-state index in [1.165, 1.54) is 28.8 Å². The van der Waals surface area contributed by atoms with Crippen molar-refractivity contribution in [3.05, 3.63) is 93.9 Å². The van der Waals surface area contributed by atoms with Crippen molar-refractivity contribution in [2.75, 3.05) is 6.61 Å². The number of halogens is 2. The van der Waals surface area contributed by atoms with Crippen molar-refractivity contribution >= 4 is 22.5 Å². The number of rotatable bonds is 5. The predicted octanol–water partition coefficient (Wildman–Crippen LogP) is 4.17. The summed E-state index contributed by atoms with van der Waals surface area (Å²) < 4.78 is 16.7. The predicted molar refractivity (Wildman–Crippen MR) is 125 cm³/mol. The van der Waals surface area contributed by atoms with E-state index in [9.17, 15) is 14.3 Å². The number of hydrogen-bond donors (Lipinski definition) is 2. The molecular formula is C24H19ClFN5O2. The fourth-order valence-corrected chi connectivity index (χ4v) is 4.15. The molecule has 1 unspecified atom stereocenters. The molecule has 0 bridgehead atoms. The quantitative estimate of drug-likeness (QED) is 0.409. The molecule has 0 spiro atoms. The second-order valence-corrected chi connectivity index (χ2v) is 8.18. The molecule has 0 radical (unpaired) electrons. The average molecular weight is 464 g/mol. The van der Waals surface area contributed by atoms with E-state index < -0.39 is 11.9 Å². The van der Waals surface area contributed by atoms with E-state index in [0.717, 1.165) is 33.3 Å². The topological polar surface area (TPSA) is 88.7 Å². The zero-order chi connectivity index (χ0) is 23.1. The van der Waals surface area contributed by atoms with E-state index in [-0.39, 0.29) is 17.2 Å². The Balaban J connectivity index is 1.53. The maximum absolute atomic E-state index is 13.5. The van der Waals surface area contributed by atoms with Crippen LogP contribution in [0.25, 0.3) is 33.3 Å². The summed E-state index contributed by atoms with van der Waals surface area (Å²) in [6.07, 6.45) is 5.26. The smallest absolute Gasteiger partial charge is 0.251 e. The highest BCUT2D eigenvalue weighted by atomic mass is 35.5. The number of nitrogens with zero attached hydrogens (tertiary/aromatic N) is 4. The zero-order valence-corrected chi connectivity index (χ0v) is 18.3. The molecule has 0 amide bonds. The minimum atomic E-state index is -0.682. The highest BCUT2D eigenvalue weighted by molar-refractivity contribution is 6.30. The lowest BCUT2D eigenvalue weighted by Gasteiger charge is -2.19. The second-order valence-electron chi connectivity index (χ2n) is 7.77. The van der Waals surface area contributed by atoms with E-state index in [0.29, 0.717) is 5.56 Å². The van der Waals surface area contributed by atoms with Crippen molar-refractivity contribution < 1.29 is 9.50 Å². The van der Waals surface area contributed by atoms with Gasteiger partial charge in [-0.05, 0) is 47.0 Å². The van der Waals surface area contributed by atoms with Crippen LogP contribution in [0.3, 0.4) is 0 Å². The van der Waals surface area contributed by atoms with Gasteiger partial charge in [0.2, 0.25) is 0 Å². The minimum absolute atomic E-state index is 0.0616. The molecule has 7 nitrogen and oxygen atoms in total. The minimum Gasteiger partial charge on any atom is -0.394 e. The Morgan fingerprint density at radius 1 is 1.12 bits per heavy atom. The van der Waals surface area contributed by atoms with E-state index >= 15 is 0 Å². The summed E-state index contributed by atoms with van der Waals surface area (Å²) in [4.78, 5) is 13.0. The van der Waals surface area contributed by atoms with Gasteiger partial charge in [0.25, 0.3) is 5.56 Å². The van der Waals surface area contributed by atoms with Crippen molar-refractivity contribution in [1.82, 2.24) is 24.5 Å². The van der Waals surface area contributed by atoms with Gasteiger partial charge < -0.3 is 9.67 Å². The van der Waals surface area contributed by atoms with Gasteiger partial charge in [-0.1, -0.05) is 23.7 Å². The van der Waals surface area contributed by atoms with Gasteiger partial charge in [-0.2, -0.15) is 10.2 Å². The fourth-order valence-electron chi connectivity index (χ4n) is 3.96. The number of aromatic nitrogens is 5. The zero-order valence-electron chi connectivity index (χ0n) is 17.5. The summed E-state index contributed by atoms with van der Waals surface area (Å²) in [6, 6.07) is 12.6. The number of aryl methyl sites for hydroxylation is 1. The first-order chi connectivity index (χ1) is 15.9. The average Bonchev–Trinajstić information content (AvgIpc) is 3.43. The molecule has 5 aromatic rings. The summed E-state index contributed by atoms with van der Waals surface area (Å²) in [5, 5.41) is 22.4. The third-order valence-electron chi connectivity index (χ3n) is 5.66. The molecule has 0 aliphatic heterocycles. The summed E-state index contributed by atoms with van der Waals surface area (Å²) in [6.45, 7) is -0.337. The number of benzene rings is 2. The Kier molecular flexibility index (Phi) is 5.32.